The van der Waals surface area contributed by atoms with E-state index in [0.717, 1.165) is 15.6 Å². The van der Waals surface area contributed by atoms with Crippen LogP contribution in [-0.2, 0) is 9.53 Å². The minimum atomic E-state index is -1.03. The number of hydrogen-bond donors (Lipinski definition) is 1. The Morgan fingerprint density at radius 1 is 1.38 bits per heavy atom. The van der Waals surface area contributed by atoms with Crippen LogP contribution in [0.1, 0.15) is 15.9 Å². The largest absolute Gasteiger partial charge is 0.480 e. The zero-order valence-corrected chi connectivity index (χ0v) is 12.8. The lowest BCUT2D eigenvalue weighted by atomic mass is 10.1. The number of hydrogen-bond acceptors (Lipinski definition) is 4. The standard InChI is InChI=1S/C15H17NO4S/c1-10-3-4-11-12(9-21-13(11)7-10)15(19)16(5-6-20-2)8-14(17)18/h3-4,7,9H,5-6,8H2,1-2H3,(H,17,18). The molecule has 1 heterocycles. The van der Waals surface area contributed by atoms with Crippen molar-refractivity contribution in [2.75, 3.05) is 26.8 Å². The molecule has 0 aliphatic rings. The summed E-state index contributed by atoms with van der Waals surface area (Å²) >= 11 is 1.49. The van der Waals surface area contributed by atoms with E-state index in [9.17, 15) is 9.59 Å². The number of rotatable bonds is 6. The third kappa shape index (κ3) is 3.59. The smallest absolute Gasteiger partial charge is 0.323 e. The first-order chi connectivity index (χ1) is 10.0. The lowest BCUT2D eigenvalue weighted by Gasteiger charge is -2.20. The van der Waals surface area contributed by atoms with Gasteiger partial charge in [-0.1, -0.05) is 12.1 Å². The van der Waals surface area contributed by atoms with Crippen molar-refractivity contribution < 1.29 is 19.4 Å². The fourth-order valence-electron chi connectivity index (χ4n) is 2.09. The van der Waals surface area contributed by atoms with Crippen LogP contribution in [0.3, 0.4) is 0 Å². The molecule has 1 aromatic carbocycles. The highest BCUT2D eigenvalue weighted by Crippen LogP contribution is 2.27. The van der Waals surface area contributed by atoms with E-state index in [2.05, 4.69) is 0 Å². The average molecular weight is 307 g/mol. The highest BCUT2D eigenvalue weighted by Gasteiger charge is 2.21. The maximum atomic E-state index is 12.6. The van der Waals surface area contributed by atoms with Gasteiger partial charge in [0, 0.05) is 29.1 Å². The van der Waals surface area contributed by atoms with Gasteiger partial charge in [-0.2, -0.15) is 0 Å². The molecule has 0 aliphatic carbocycles. The lowest BCUT2D eigenvalue weighted by Crippen LogP contribution is -2.37. The van der Waals surface area contributed by atoms with Gasteiger partial charge in [0.25, 0.3) is 5.91 Å². The predicted octanol–water partition coefficient (Wildman–Crippen LogP) is 2.38. The normalized spacial score (nSPS) is 10.8. The number of carboxylic acid groups (broad SMARTS) is 1. The first-order valence-electron chi connectivity index (χ1n) is 6.50. The van der Waals surface area contributed by atoms with Gasteiger partial charge < -0.3 is 14.7 Å². The molecule has 2 rings (SSSR count). The Bertz CT molecular complexity index is 665. The molecule has 0 saturated heterocycles. The topological polar surface area (TPSA) is 66.8 Å². The molecular weight excluding hydrogens is 290 g/mol. The Balaban J connectivity index is 2.31. The van der Waals surface area contributed by atoms with Crippen molar-refractivity contribution in [2.24, 2.45) is 0 Å². The van der Waals surface area contributed by atoms with Crippen LogP contribution in [0, 0.1) is 6.92 Å². The van der Waals surface area contributed by atoms with Crippen LogP contribution in [0.25, 0.3) is 10.1 Å². The van der Waals surface area contributed by atoms with E-state index in [1.165, 1.54) is 23.3 Å². The fourth-order valence-corrected chi connectivity index (χ4v) is 3.12. The van der Waals surface area contributed by atoms with Crippen LogP contribution >= 0.6 is 11.3 Å². The van der Waals surface area contributed by atoms with Gasteiger partial charge in [0.2, 0.25) is 0 Å². The summed E-state index contributed by atoms with van der Waals surface area (Å²) in [5.41, 5.74) is 1.68. The van der Waals surface area contributed by atoms with Crippen LogP contribution < -0.4 is 0 Å². The number of carbonyl (C=O) groups is 2. The number of methoxy groups -OCH3 is 1. The van der Waals surface area contributed by atoms with Gasteiger partial charge in [0.05, 0.1) is 12.2 Å². The minimum Gasteiger partial charge on any atom is -0.480 e. The second-order valence-electron chi connectivity index (χ2n) is 4.76. The van der Waals surface area contributed by atoms with Gasteiger partial charge in [-0.25, -0.2) is 0 Å². The lowest BCUT2D eigenvalue weighted by molar-refractivity contribution is -0.137. The molecule has 0 unspecified atom stereocenters. The van der Waals surface area contributed by atoms with E-state index in [-0.39, 0.29) is 19.0 Å². The molecular formula is C15H17NO4S. The number of amides is 1. The summed E-state index contributed by atoms with van der Waals surface area (Å²) in [5.74, 6) is -1.31. The first kappa shape index (κ1) is 15.5. The molecule has 112 valence electrons. The van der Waals surface area contributed by atoms with Crippen molar-refractivity contribution in [2.45, 2.75) is 6.92 Å². The molecule has 2 aromatic rings. The van der Waals surface area contributed by atoms with Crippen molar-refractivity contribution in [3.63, 3.8) is 0 Å². The van der Waals surface area contributed by atoms with Gasteiger partial charge in [0.15, 0.2) is 0 Å². The third-order valence-corrected chi connectivity index (χ3v) is 4.09. The Morgan fingerprint density at radius 2 is 2.14 bits per heavy atom. The molecule has 1 N–H and O–H groups in total. The van der Waals surface area contributed by atoms with Crippen molar-refractivity contribution in [3.05, 3.63) is 34.7 Å². The highest BCUT2D eigenvalue weighted by molar-refractivity contribution is 7.17. The first-order valence-corrected chi connectivity index (χ1v) is 7.38. The molecule has 1 amide bonds. The summed E-state index contributed by atoms with van der Waals surface area (Å²) in [7, 11) is 1.52. The zero-order chi connectivity index (χ0) is 15.4. The van der Waals surface area contributed by atoms with E-state index >= 15 is 0 Å². The molecule has 6 heteroatoms. The molecule has 0 bridgehead atoms. The van der Waals surface area contributed by atoms with Crippen molar-refractivity contribution in [1.82, 2.24) is 4.90 Å². The van der Waals surface area contributed by atoms with Gasteiger partial charge in [-0.05, 0) is 18.6 Å². The molecule has 0 aliphatic heterocycles. The van der Waals surface area contributed by atoms with Gasteiger partial charge in [0.1, 0.15) is 6.54 Å². The van der Waals surface area contributed by atoms with Crippen molar-refractivity contribution in [1.29, 1.82) is 0 Å². The summed E-state index contributed by atoms with van der Waals surface area (Å²) in [6.07, 6.45) is 0. The van der Waals surface area contributed by atoms with E-state index in [0.29, 0.717) is 12.2 Å². The SMILES string of the molecule is COCCN(CC(=O)O)C(=O)c1csc2cc(C)ccc12. The van der Waals surface area contributed by atoms with E-state index in [1.54, 1.807) is 5.38 Å². The fraction of sp³-hybridized carbons (Fsp3) is 0.333. The predicted molar refractivity (Wildman–Crippen MR) is 82.0 cm³/mol. The zero-order valence-electron chi connectivity index (χ0n) is 12.0. The molecule has 0 saturated carbocycles. The van der Waals surface area contributed by atoms with Gasteiger partial charge >= 0.3 is 5.97 Å². The van der Waals surface area contributed by atoms with Crippen molar-refractivity contribution in [3.8, 4) is 0 Å². The Kier molecular flexibility index (Phi) is 4.93. The van der Waals surface area contributed by atoms with Crippen molar-refractivity contribution >= 4 is 33.3 Å². The minimum absolute atomic E-state index is 0.255. The summed E-state index contributed by atoms with van der Waals surface area (Å²) in [5, 5.41) is 11.6. The van der Waals surface area contributed by atoms with Crippen LogP contribution in [0.4, 0.5) is 0 Å². The van der Waals surface area contributed by atoms with Crippen LogP contribution in [-0.4, -0.2) is 48.7 Å². The summed E-state index contributed by atoms with van der Waals surface area (Å²) < 4.78 is 5.97. The number of carboxylic acids is 1. The van der Waals surface area contributed by atoms with Crippen LogP contribution in [0.5, 0.6) is 0 Å². The summed E-state index contributed by atoms with van der Waals surface area (Å²) in [6.45, 7) is 2.23. The Hall–Kier alpha value is -1.92. The number of aliphatic carboxylic acids is 1. The second kappa shape index (κ2) is 6.69. The number of thiophene rings is 1. The summed E-state index contributed by atoms with van der Waals surface area (Å²) in [4.78, 5) is 24.8. The Labute approximate surface area is 126 Å². The highest BCUT2D eigenvalue weighted by atomic mass is 32.1. The number of fused-ring (bicyclic) bond motifs is 1. The number of aryl methyl sites for hydroxylation is 1. The quantitative estimate of drug-likeness (QED) is 0.890. The number of benzene rings is 1. The maximum absolute atomic E-state index is 12.6. The number of nitrogens with zero attached hydrogens (tertiary/aromatic N) is 1. The van der Waals surface area contributed by atoms with Gasteiger partial charge in [-0.15, -0.1) is 11.3 Å². The van der Waals surface area contributed by atoms with E-state index in [1.807, 2.05) is 25.1 Å². The number of carbonyl (C=O) groups excluding carboxylic acids is 1. The average Bonchev–Trinajstić information content (AvgIpc) is 2.85. The maximum Gasteiger partial charge on any atom is 0.323 e. The van der Waals surface area contributed by atoms with E-state index < -0.39 is 5.97 Å². The summed E-state index contributed by atoms with van der Waals surface area (Å²) in [6, 6.07) is 5.87. The molecule has 21 heavy (non-hydrogen) atoms. The van der Waals surface area contributed by atoms with E-state index in [4.69, 9.17) is 9.84 Å². The Morgan fingerprint density at radius 3 is 2.81 bits per heavy atom. The molecule has 1 aromatic heterocycles. The number of ether oxygens (including phenoxy) is 1. The molecule has 0 atom stereocenters. The second-order valence-corrected chi connectivity index (χ2v) is 5.67. The molecule has 0 fully saturated rings. The van der Waals surface area contributed by atoms with Crippen LogP contribution in [0.2, 0.25) is 0 Å². The molecule has 0 spiro atoms. The third-order valence-electron chi connectivity index (χ3n) is 3.14. The molecule has 5 nitrogen and oxygen atoms in total. The van der Waals surface area contributed by atoms with Crippen LogP contribution in [0.15, 0.2) is 23.6 Å². The molecule has 0 radical (unpaired) electrons. The van der Waals surface area contributed by atoms with Gasteiger partial charge in [-0.3, -0.25) is 9.59 Å². The monoisotopic (exact) mass is 307 g/mol.